The van der Waals surface area contributed by atoms with Gasteiger partial charge in [0.1, 0.15) is 18.1 Å². The third-order valence-corrected chi connectivity index (χ3v) is 9.57. The summed E-state index contributed by atoms with van der Waals surface area (Å²) in [6.07, 6.45) is 5.16. The maximum absolute atomic E-state index is 14.1. The van der Waals surface area contributed by atoms with Crippen molar-refractivity contribution in [2.45, 2.75) is 128 Å². The van der Waals surface area contributed by atoms with Crippen LogP contribution in [-0.2, 0) is 36.8 Å². The molecule has 0 bridgehead atoms. The van der Waals surface area contributed by atoms with Crippen LogP contribution >= 0.6 is 0 Å². The third kappa shape index (κ3) is 13.8. The maximum atomic E-state index is 14.1. The van der Waals surface area contributed by atoms with Crippen LogP contribution in [0.2, 0.25) is 0 Å². The second-order valence-corrected chi connectivity index (χ2v) is 15.6. The van der Waals surface area contributed by atoms with Crippen molar-refractivity contribution < 1.29 is 28.7 Å². The highest BCUT2D eigenvalue weighted by atomic mass is 16.6. The molecular formula is C41H60N5O6+. The van der Waals surface area contributed by atoms with Crippen molar-refractivity contribution in [3.63, 3.8) is 0 Å². The minimum absolute atomic E-state index is 0.0323. The lowest BCUT2D eigenvalue weighted by Gasteiger charge is -2.27. The molecule has 52 heavy (non-hydrogen) atoms. The number of hydrogen-bond acceptors (Lipinski definition) is 6. The number of ketones is 1. The van der Waals surface area contributed by atoms with Crippen molar-refractivity contribution in [1.29, 1.82) is 0 Å². The average Bonchev–Trinajstić information content (AvgIpc) is 4.06. The Morgan fingerprint density at radius 1 is 0.712 bits per heavy atom. The molecule has 284 valence electrons. The largest absolute Gasteiger partial charge is 0.411 e. The molecule has 2 unspecified atom stereocenters. The molecular weight excluding hydrogens is 658 g/mol. The predicted octanol–water partition coefficient (Wildman–Crippen LogP) is 3.29. The first-order valence-corrected chi connectivity index (χ1v) is 19.1. The molecule has 6 N–H and O–H groups in total. The Hall–Kier alpha value is -4.09. The van der Waals surface area contributed by atoms with Crippen LogP contribution in [0.4, 0.5) is 0 Å². The number of ether oxygens (including phenoxy) is 1. The summed E-state index contributed by atoms with van der Waals surface area (Å²) >= 11 is 0. The van der Waals surface area contributed by atoms with E-state index in [4.69, 9.17) is 0 Å². The number of aliphatic hydroxyl groups is 2. The fourth-order valence-electron chi connectivity index (χ4n) is 6.27. The third-order valence-electron chi connectivity index (χ3n) is 9.57. The van der Waals surface area contributed by atoms with Gasteiger partial charge < -0.3 is 31.3 Å². The van der Waals surface area contributed by atoms with E-state index >= 15 is 0 Å². The highest BCUT2D eigenvalue weighted by molar-refractivity contribution is 5.98. The number of Topliss-reactive ketones (excluding diaryl/α,β-unsaturated/α-hetero) is 1. The van der Waals surface area contributed by atoms with Gasteiger partial charge in [0.2, 0.25) is 36.0 Å². The smallest absolute Gasteiger partial charge is 0.292 e. The summed E-state index contributed by atoms with van der Waals surface area (Å²) in [5, 5.41) is 15.1. The molecule has 1 heterocycles. The number of hydrogen-bond donors (Lipinski definition) is 5. The number of carbonyl (C=O) groups is 5. The van der Waals surface area contributed by atoms with Crippen molar-refractivity contribution in [3.05, 3.63) is 71.8 Å². The van der Waals surface area contributed by atoms with Crippen LogP contribution in [0.3, 0.4) is 0 Å². The summed E-state index contributed by atoms with van der Waals surface area (Å²) < 4.78 is 4.26. The summed E-state index contributed by atoms with van der Waals surface area (Å²) in [6, 6.07) is 16.1. The number of aryl methyl sites for hydroxylation is 1. The molecule has 2 fully saturated rings. The van der Waals surface area contributed by atoms with Crippen molar-refractivity contribution >= 4 is 29.4 Å². The zero-order valence-corrected chi connectivity index (χ0v) is 31.6. The second kappa shape index (κ2) is 19.7. The number of benzene rings is 2. The van der Waals surface area contributed by atoms with Crippen LogP contribution < -0.4 is 26.6 Å². The highest BCUT2D eigenvalue weighted by Gasteiger charge is 2.58. The summed E-state index contributed by atoms with van der Waals surface area (Å²) in [5.74, 6) is -1.61. The number of epoxide rings is 1. The van der Waals surface area contributed by atoms with Crippen molar-refractivity contribution in [2.24, 2.45) is 11.8 Å². The molecule has 2 aromatic rings. The Bertz CT molecular complexity index is 1480. The van der Waals surface area contributed by atoms with Gasteiger partial charge in [0.25, 0.3) is 5.60 Å². The lowest BCUT2D eigenvalue weighted by molar-refractivity contribution is -0.135. The van der Waals surface area contributed by atoms with E-state index in [1.165, 1.54) is 12.8 Å². The van der Waals surface area contributed by atoms with E-state index in [-0.39, 0.29) is 36.4 Å². The fourth-order valence-corrected chi connectivity index (χ4v) is 6.27. The summed E-state index contributed by atoms with van der Waals surface area (Å²) in [6.45, 7) is 10.8. The predicted molar refractivity (Wildman–Crippen MR) is 202 cm³/mol. The van der Waals surface area contributed by atoms with Gasteiger partial charge >= 0.3 is 0 Å². The van der Waals surface area contributed by atoms with Gasteiger partial charge in [-0.1, -0.05) is 88.4 Å². The Morgan fingerprint density at radius 3 is 1.81 bits per heavy atom. The average molecular weight is 719 g/mol. The lowest BCUT2D eigenvalue weighted by atomic mass is 9.93. The van der Waals surface area contributed by atoms with Crippen LogP contribution in [0.5, 0.6) is 0 Å². The van der Waals surface area contributed by atoms with Crippen LogP contribution in [0.15, 0.2) is 60.7 Å². The van der Waals surface area contributed by atoms with E-state index in [1.54, 1.807) is 6.92 Å². The van der Waals surface area contributed by atoms with E-state index in [0.717, 1.165) is 17.7 Å². The van der Waals surface area contributed by atoms with Crippen molar-refractivity contribution in [2.75, 3.05) is 13.2 Å². The van der Waals surface area contributed by atoms with E-state index < -0.39 is 47.5 Å². The summed E-state index contributed by atoms with van der Waals surface area (Å²) in [7, 11) is 0. The molecule has 0 spiro atoms. The monoisotopic (exact) mass is 718 g/mol. The van der Waals surface area contributed by atoms with Crippen LogP contribution in [0.25, 0.3) is 0 Å². The highest BCUT2D eigenvalue weighted by Crippen LogP contribution is 2.26. The lowest BCUT2D eigenvalue weighted by Crippen LogP contribution is -2.59. The Balaban J connectivity index is 1.48. The van der Waals surface area contributed by atoms with E-state index in [1.807, 2.05) is 88.4 Å². The molecule has 1 saturated carbocycles. The Labute approximate surface area is 309 Å². The Kier molecular flexibility index (Phi) is 15.4. The molecule has 0 radical (unpaired) electrons. The standard InChI is InChI=1S/C41H59N5O6/c1-27(2)23-33(37(48)41(5)26-52-41)44-40(51)35(25-30-15-10-7-11-16-30)46-39(50)34(24-28(3)4)45-38(49)32(21-18-29-13-8-6-9-14-29)43-36(47)17-12-22-42-31-19-20-31/h6-11,13-16,27-28,31-35,42H,12,17-26H2,1-5H3,(H,43,47)(H,44,51)(H,45,49)(H,46,50)/p+1/t32-,33?,34?,35-,41+/m0/s1. The number of rotatable bonds is 23. The summed E-state index contributed by atoms with van der Waals surface area (Å²) in [4.78, 5) is 68.3. The van der Waals surface area contributed by atoms with Gasteiger partial charge in [-0.25, -0.2) is 0 Å². The number of carbonyl (C=O) groups excluding carboxylic acids is 5. The van der Waals surface area contributed by atoms with Gasteiger partial charge in [-0.2, -0.15) is 0 Å². The molecule has 2 aromatic carbocycles. The van der Waals surface area contributed by atoms with E-state index in [0.29, 0.717) is 44.8 Å². The minimum atomic E-state index is -1.01. The molecule has 0 aromatic heterocycles. The molecule has 4 amide bonds. The first-order chi connectivity index (χ1) is 24.8. The van der Waals surface area contributed by atoms with Crippen LogP contribution in [0, 0.1) is 11.8 Å². The van der Waals surface area contributed by atoms with Gasteiger partial charge in [-0.05, 0) is 74.5 Å². The Morgan fingerprint density at radius 2 is 1.23 bits per heavy atom. The molecule has 5 atom stereocenters. The fraction of sp³-hybridized carbons (Fsp3) is 0.585. The zero-order chi connectivity index (χ0) is 37.7. The molecule has 1 aliphatic heterocycles. The molecule has 4 rings (SSSR count). The zero-order valence-electron chi connectivity index (χ0n) is 31.6. The quantitative estimate of drug-likeness (QED) is 0.0675. The van der Waals surface area contributed by atoms with Crippen molar-refractivity contribution in [1.82, 2.24) is 26.6 Å². The SMILES string of the molecule is CC(C)CC(NC(=O)[C@H](CCc1ccccc1)NC(=O)CCCNC1CC1)C(=O)N[C@@H](Cc1ccccc1)C(=O)NC(CC(C)C)C(=O)[C@@]1(C)C[OH+]1. The molecule has 1 saturated heterocycles. The van der Waals surface area contributed by atoms with E-state index in [2.05, 4.69) is 31.3 Å². The van der Waals surface area contributed by atoms with Crippen LogP contribution in [0.1, 0.15) is 90.7 Å². The second-order valence-electron chi connectivity index (χ2n) is 15.6. The molecule has 11 nitrogen and oxygen atoms in total. The first-order valence-electron chi connectivity index (χ1n) is 19.1. The topological polar surface area (TPSA) is 158 Å². The van der Waals surface area contributed by atoms with Gasteiger partial charge in [0, 0.05) is 25.8 Å². The van der Waals surface area contributed by atoms with Gasteiger partial charge in [0.15, 0.2) is 0 Å². The first kappa shape index (κ1) is 40.7. The minimum Gasteiger partial charge on any atom is -0.411 e. The molecule has 11 heteroatoms. The van der Waals surface area contributed by atoms with Gasteiger partial charge in [-0.3, -0.25) is 24.0 Å². The number of amides is 4. The van der Waals surface area contributed by atoms with Gasteiger partial charge in [-0.15, -0.1) is 0 Å². The van der Waals surface area contributed by atoms with Gasteiger partial charge in [0.05, 0.1) is 6.04 Å². The molecule has 1 aliphatic carbocycles. The van der Waals surface area contributed by atoms with Crippen molar-refractivity contribution in [3.8, 4) is 0 Å². The maximum Gasteiger partial charge on any atom is 0.292 e. The summed E-state index contributed by atoms with van der Waals surface area (Å²) in [5.41, 5.74) is 1.07. The number of nitrogens with one attached hydrogen (secondary N) is 5. The molecule has 2 aliphatic rings. The van der Waals surface area contributed by atoms with Crippen LogP contribution in [-0.4, -0.2) is 83.1 Å². The van der Waals surface area contributed by atoms with E-state index in [9.17, 15) is 24.0 Å². The normalized spacial score (nSPS) is 18.9.